The minimum absolute atomic E-state index is 0.518. The number of carbonyl (C=O) groups excluding carboxylic acids is 6. The standard InChI is InChI=1S/C18H24BrNO12/c1-8(21)28-7-12-14(29-9(2)22)15(30-10(3)23)16(31-11(4)24)18(19,32-12)17(26)20-6-13(25)27-5/h12,14-16H,6-7H2,1-5H3,(H,20,26)/t12-,14+,15+,16-,18-/m1/s1. The lowest BCUT2D eigenvalue weighted by atomic mass is 9.93. The molecule has 180 valence electrons. The lowest BCUT2D eigenvalue weighted by Gasteiger charge is -2.47. The highest BCUT2D eigenvalue weighted by atomic mass is 79.9. The molecule has 0 saturated carbocycles. The first-order valence-electron chi connectivity index (χ1n) is 9.18. The van der Waals surface area contributed by atoms with Crippen molar-refractivity contribution in [1.29, 1.82) is 0 Å². The smallest absolute Gasteiger partial charge is 0.325 e. The van der Waals surface area contributed by atoms with Crippen LogP contribution in [-0.2, 0) is 57.2 Å². The number of alkyl halides is 1. The highest BCUT2D eigenvalue weighted by molar-refractivity contribution is 9.10. The van der Waals surface area contributed by atoms with Crippen LogP contribution in [0, 0.1) is 0 Å². The monoisotopic (exact) mass is 525 g/mol. The Kier molecular flexibility index (Phi) is 10.0. The fourth-order valence-corrected chi connectivity index (χ4v) is 3.52. The Morgan fingerprint density at radius 3 is 1.88 bits per heavy atom. The van der Waals surface area contributed by atoms with Gasteiger partial charge in [0.1, 0.15) is 19.3 Å². The Morgan fingerprint density at radius 1 is 0.875 bits per heavy atom. The second-order valence-electron chi connectivity index (χ2n) is 6.54. The molecule has 0 aliphatic carbocycles. The van der Waals surface area contributed by atoms with E-state index in [0.717, 1.165) is 34.8 Å². The van der Waals surface area contributed by atoms with Gasteiger partial charge in [-0.3, -0.25) is 28.8 Å². The zero-order valence-electron chi connectivity index (χ0n) is 18.0. The number of methoxy groups -OCH3 is 1. The number of halogens is 1. The van der Waals surface area contributed by atoms with Crippen molar-refractivity contribution in [1.82, 2.24) is 5.32 Å². The minimum Gasteiger partial charge on any atom is -0.468 e. The normalized spacial score (nSPS) is 26.8. The number of rotatable bonds is 8. The molecule has 0 unspecified atom stereocenters. The van der Waals surface area contributed by atoms with E-state index in [0.29, 0.717) is 0 Å². The SMILES string of the molecule is COC(=O)CNC(=O)[C@]1(Br)O[C@H](COC(C)=O)[C@H](OC(C)=O)[C@H](OC(C)=O)[C@H]1OC(C)=O. The van der Waals surface area contributed by atoms with E-state index >= 15 is 0 Å². The first-order valence-corrected chi connectivity index (χ1v) is 9.98. The van der Waals surface area contributed by atoms with Gasteiger partial charge in [0.2, 0.25) is 4.51 Å². The highest BCUT2D eigenvalue weighted by Crippen LogP contribution is 2.40. The summed E-state index contributed by atoms with van der Waals surface area (Å²) in [5.41, 5.74) is 0. The summed E-state index contributed by atoms with van der Waals surface area (Å²) in [5, 5.41) is 2.23. The number of carbonyl (C=O) groups is 6. The van der Waals surface area contributed by atoms with Crippen LogP contribution < -0.4 is 5.32 Å². The van der Waals surface area contributed by atoms with Crippen LogP contribution in [0.4, 0.5) is 0 Å². The molecule has 1 saturated heterocycles. The summed E-state index contributed by atoms with van der Waals surface area (Å²) < 4.78 is 28.5. The molecule has 1 rings (SSSR count). The van der Waals surface area contributed by atoms with Gasteiger partial charge in [0.15, 0.2) is 18.3 Å². The van der Waals surface area contributed by atoms with Crippen LogP contribution in [0.1, 0.15) is 27.7 Å². The molecule has 14 heteroatoms. The Morgan fingerprint density at radius 2 is 1.41 bits per heavy atom. The average Bonchev–Trinajstić information content (AvgIpc) is 2.68. The third kappa shape index (κ3) is 7.44. The molecule has 1 N–H and O–H groups in total. The van der Waals surface area contributed by atoms with Gasteiger partial charge in [-0.05, 0) is 15.9 Å². The highest BCUT2D eigenvalue weighted by Gasteiger charge is 2.62. The van der Waals surface area contributed by atoms with Crippen LogP contribution in [0.25, 0.3) is 0 Å². The molecule has 0 aromatic carbocycles. The van der Waals surface area contributed by atoms with Crippen molar-refractivity contribution in [2.45, 2.75) is 56.6 Å². The van der Waals surface area contributed by atoms with E-state index in [1.54, 1.807) is 0 Å². The van der Waals surface area contributed by atoms with E-state index in [1.165, 1.54) is 0 Å². The van der Waals surface area contributed by atoms with Gasteiger partial charge in [-0.2, -0.15) is 0 Å². The second-order valence-corrected chi connectivity index (χ2v) is 7.72. The first-order chi connectivity index (χ1) is 14.8. The molecule has 1 heterocycles. The van der Waals surface area contributed by atoms with Crippen molar-refractivity contribution in [3.05, 3.63) is 0 Å². The van der Waals surface area contributed by atoms with E-state index in [-0.39, 0.29) is 0 Å². The third-order valence-corrected chi connectivity index (χ3v) is 4.95. The van der Waals surface area contributed by atoms with Gasteiger partial charge < -0.3 is 33.7 Å². The number of hydrogen-bond donors (Lipinski definition) is 1. The van der Waals surface area contributed by atoms with Gasteiger partial charge in [-0.15, -0.1) is 0 Å². The molecule has 0 aromatic rings. The molecule has 5 atom stereocenters. The second kappa shape index (κ2) is 11.8. The fraction of sp³-hybridized carbons (Fsp3) is 0.667. The fourth-order valence-electron chi connectivity index (χ4n) is 2.78. The van der Waals surface area contributed by atoms with Gasteiger partial charge >= 0.3 is 29.8 Å². The summed E-state index contributed by atoms with van der Waals surface area (Å²) in [7, 11) is 1.10. The van der Waals surface area contributed by atoms with Crippen molar-refractivity contribution in [3.8, 4) is 0 Å². The predicted octanol–water partition coefficient (Wildman–Crippen LogP) is -0.876. The van der Waals surface area contributed by atoms with Gasteiger partial charge in [0.25, 0.3) is 5.91 Å². The largest absolute Gasteiger partial charge is 0.468 e. The molecule has 0 spiro atoms. The van der Waals surface area contributed by atoms with Gasteiger partial charge in [-0.25, -0.2) is 0 Å². The summed E-state index contributed by atoms with van der Waals surface area (Å²) in [5.74, 6) is -5.08. The first kappa shape index (κ1) is 27.3. The quantitative estimate of drug-likeness (QED) is 0.236. The van der Waals surface area contributed by atoms with Crippen LogP contribution in [0.2, 0.25) is 0 Å². The number of hydrogen-bond acceptors (Lipinski definition) is 12. The Hall–Kier alpha value is -2.74. The molecule has 1 amide bonds. The summed E-state index contributed by atoms with van der Waals surface area (Å²) >= 11 is 3.06. The van der Waals surface area contributed by atoms with Crippen LogP contribution >= 0.6 is 15.9 Å². The zero-order chi connectivity index (χ0) is 24.6. The molecular weight excluding hydrogens is 502 g/mol. The Balaban J connectivity index is 3.48. The number of esters is 5. The lowest BCUT2D eigenvalue weighted by Crippen LogP contribution is -2.70. The maximum Gasteiger partial charge on any atom is 0.325 e. The van der Waals surface area contributed by atoms with Crippen LogP contribution in [-0.4, -0.2) is 84.9 Å². The molecule has 1 fully saturated rings. The summed E-state index contributed by atoms with van der Waals surface area (Å²) in [6.07, 6.45) is -6.02. The van der Waals surface area contributed by atoms with Gasteiger partial charge in [0, 0.05) is 27.7 Å². The van der Waals surface area contributed by atoms with Crippen LogP contribution in [0.15, 0.2) is 0 Å². The summed E-state index contributed by atoms with van der Waals surface area (Å²) in [4.78, 5) is 70.9. The number of amides is 1. The molecule has 1 aliphatic heterocycles. The number of ether oxygens (including phenoxy) is 6. The van der Waals surface area contributed by atoms with Crippen LogP contribution in [0.3, 0.4) is 0 Å². The molecular formula is C18H24BrNO12. The lowest BCUT2D eigenvalue weighted by molar-refractivity contribution is -0.255. The zero-order valence-corrected chi connectivity index (χ0v) is 19.6. The van der Waals surface area contributed by atoms with Crippen molar-refractivity contribution in [3.63, 3.8) is 0 Å². The topological polar surface area (TPSA) is 170 Å². The van der Waals surface area contributed by atoms with E-state index in [4.69, 9.17) is 23.7 Å². The third-order valence-electron chi connectivity index (χ3n) is 3.96. The van der Waals surface area contributed by atoms with Gasteiger partial charge in [-0.1, -0.05) is 0 Å². The molecule has 0 aromatic heterocycles. The maximum atomic E-state index is 12.9. The Labute approximate surface area is 191 Å². The molecule has 0 radical (unpaired) electrons. The number of nitrogens with one attached hydrogen (secondary N) is 1. The average molecular weight is 526 g/mol. The van der Waals surface area contributed by atoms with Crippen molar-refractivity contribution in [2.24, 2.45) is 0 Å². The minimum atomic E-state index is -2.24. The summed E-state index contributed by atoms with van der Waals surface area (Å²) in [6.45, 7) is 3.15. The molecule has 1 aliphatic rings. The van der Waals surface area contributed by atoms with E-state index in [2.05, 4.69) is 26.0 Å². The van der Waals surface area contributed by atoms with Crippen molar-refractivity contribution >= 4 is 51.7 Å². The summed E-state index contributed by atoms with van der Waals surface area (Å²) in [6, 6.07) is 0. The molecule has 32 heavy (non-hydrogen) atoms. The van der Waals surface area contributed by atoms with E-state index < -0.39 is 77.8 Å². The van der Waals surface area contributed by atoms with Crippen molar-refractivity contribution in [2.75, 3.05) is 20.3 Å². The maximum absolute atomic E-state index is 12.9. The predicted molar refractivity (Wildman–Crippen MR) is 105 cm³/mol. The molecule has 0 bridgehead atoms. The Bertz CT molecular complexity index is 771. The van der Waals surface area contributed by atoms with Crippen LogP contribution in [0.5, 0.6) is 0 Å². The van der Waals surface area contributed by atoms with E-state index in [9.17, 15) is 28.8 Å². The van der Waals surface area contributed by atoms with E-state index in [1.807, 2.05) is 0 Å². The van der Waals surface area contributed by atoms with Gasteiger partial charge in [0.05, 0.1) is 7.11 Å². The molecule has 13 nitrogen and oxygen atoms in total. The van der Waals surface area contributed by atoms with Crippen molar-refractivity contribution < 1.29 is 57.2 Å².